The maximum Gasteiger partial charge on any atom is 0.330 e. The SMILES string of the molecule is CON=C1C[C@@H](c2noc(N(C)C=O)n2)N(C(=O)c2ccc(-c3ccccc3)cc2)C1. The molecule has 1 aromatic heterocycles. The van der Waals surface area contributed by atoms with Gasteiger partial charge in [0.1, 0.15) is 13.2 Å². The topological polar surface area (TPSA) is 101 Å². The second kappa shape index (κ2) is 8.78. The second-order valence-corrected chi connectivity index (χ2v) is 7.09. The molecule has 1 fully saturated rings. The third-order valence-electron chi connectivity index (χ3n) is 5.07. The first kappa shape index (κ1) is 20.3. The summed E-state index contributed by atoms with van der Waals surface area (Å²) in [5.74, 6) is 0.125. The molecular weight excluding hydrogens is 398 g/mol. The maximum atomic E-state index is 13.3. The van der Waals surface area contributed by atoms with E-state index in [1.807, 2.05) is 42.5 Å². The van der Waals surface area contributed by atoms with Crippen molar-refractivity contribution in [2.75, 3.05) is 25.6 Å². The van der Waals surface area contributed by atoms with Crippen LogP contribution in [-0.2, 0) is 9.63 Å². The largest absolute Gasteiger partial charge is 0.399 e. The summed E-state index contributed by atoms with van der Waals surface area (Å²) in [7, 11) is 2.97. The highest BCUT2D eigenvalue weighted by molar-refractivity contribution is 6.00. The first-order valence-corrected chi connectivity index (χ1v) is 9.67. The Hall–Kier alpha value is -4.01. The summed E-state index contributed by atoms with van der Waals surface area (Å²) in [5.41, 5.74) is 3.33. The summed E-state index contributed by atoms with van der Waals surface area (Å²) < 4.78 is 5.15. The monoisotopic (exact) mass is 419 g/mol. The van der Waals surface area contributed by atoms with E-state index in [1.165, 1.54) is 19.1 Å². The summed E-state index contributed by atoms with van der Waals surface area (Å²) in [6.07, 6.45) is 0.979. The van der Waals surface area contributed by atoms with Gasteiger partial charge in [0.2, 0.25) is 6.41 Å². The Morgan fingerprint density at radius 1 is 1.19 bits per heavy atom. The van der Waals surface area contributed by atoms with E-state index in [9.17, 15) is 9.59 Å². The number of anilines is 1. The van der Waals surface area contributed by atoms with Gasteiger partial charge in [0.25, 0.3) is 5.91 Å². The highest BCUT2D eigenvalue weighted by Crippen LogP contribution is 2.32. The molecule has 1 atom stereocenters. The van der Waals surface area contributed by atoms with Gasteiger partial charge in [0, 0.05) is 19.0 Å². The normalized spacial score (nSPS) is 17.0. The smallest absolute Gasteiger partial charge is 0.330 e. The minimum atomic E-state index is -0.479. The highest BCUT2D eigenvalue weighted by atomic mass is 16.6. The molecular formula is C22H21N5O4. The summed E-state index contributed by atoms with van der Waals surface area (Å²) in [5, 5.41) is 7.97. The summed E-state index contributed by atoms with van der Waals surface area (Å²) in [6.45, 7) is 0.283. The van der Waals surface area contributed by atoms with Crippen LogP contribution in [0, 0.1) is 0 Å². The van der Waals surface area contributed by atoms with Crippen LogP contribution in [0.5, 0.6) is 0 Å². The van der Waals surface area contributed by atoms with Gasteiger partial charge < -0.3 is 14.3 Å². The molecule has 3 aromatic rings. The van der Waals surface area contributed by atoms with Crippen molar-refractivity contribution < 1.29 is 18.9 Å². The van der Waals surface area contributed by atoms with Crippen molar-refractivity contribution in [3.63, 3.8) is 0 Å². The molecule has 0 bridgehead atoms. The molecule has 31 heavy (non-hydrogen) atoms. The number of carbonyl (C=O) groups is 2. The third kappa shape index (κ3) is 4.16. The first-order valence-electron chi connectivity index (χ1n) is 9.67. The molecule has 0 unspecified atom stereocenters. The van der Waals surface area contributed by atoms with Crippen molar-refractivity contribution in [3.05, 3.63) is 66.0 Å². The average molecular weight is 419 g/mol. The number of benzene rings is 2. The number of likely N-dealkylation sites (tertiary alicyclic amines) is 1. The average Bonchev–Trinajstić information content (AvgIpc) is 3.46. The van der Waals surface area contributed by atoms with Gasteiger partial charge in [-0.15, -0.1) is 0 Å². The fourth-order valence-corrected chi connectivity index (χ4v) is 3.50. The van der Waals surface area contributed by atoms with E-state index in [4.69, 9.17) is 9.36 Å². The summed E-state index contributed by atoms with van der Waals surface area (Å²) >= 11 is 0. The van der Waals surface area contributed by atoms with E-state index >= 15 is 0 Å². The molecule has 0 spiro atoms. The Morgan fingerprint density at radius 2 is 1.90 bits per heavy atom. The van der Waals surface area contributed by atoms with Crippen LogP contribution in [0.2, 0.25) is 0 Å². The number of oxime groups is 1. The molecule has 4 rings (SSSR count). The minimum absolute atomic E-state index is 0.0572. The van der Waals surface area contributed by atoms with Crippen LogP contribution in [0.25, 0.3) is 11.1 Å². The number of rotatable bonds is 6. The van der Waals surface area contributed by atoms with E-state index < -0.39 is 6.04 Å². The maximum absolute atomic E-state index is 13.3. The van der Waals surface area contributed by atoms with Crippen LogP contribution in [0.4, 0.5) is 6.01 Å². The number of hydrogen-bond acceptors (Lipinski definition) is 7. The number of carbonyl (C=O) groups excluding carboxylic acids is 2. The van der Waals surface area contributed by atoms with Gasteiger partial charge in [-0.2, -0.15) is 4.98 Å². The molecule has 1 saturated heterocycles. The molecule has 0 radical (unpaired) electrons. The Balaban J connectivity index is 1.60. The van der Waals surface area contributed by atoms with Gasteiger partial charge in [0.05, 0.1) is 12.3 Å². The molecule has 0 aliphatic carbocycles. The van der Waals surface area contributed by atoms with Crippen LogP contribution in [0.3, 0.4) is 0 Å². The molecule has 0 N–H and O–H groups in total. The van der Waals surface area contributed by atoms with Gasteiger partial charge in [-0.1, -0.05) is 52.8 Å². The first-order chi connectivity index (χ1) is 15.1. The Morgan fingerprint density at radius 3 is 2.58 bits per heavy atom. The van der Waals surface area contributed by atoms with Crippen LogP contribution in [0.15, 0.2) is 64.3 Å². The van der Waals surface area contributed by atoms with Gasteiger partial charge in [0.15, 0.2) is 5.82 Å². The third-order valence-corrected chi connectivity index (χ3v) is 5.07. The predicted molar refractivity (Wildman–Crippen MR) is 113 cm³/mol. The van der Waals surface area contributed by atoms with E-state index in [0.29, 0.717) is 29.9 Å². The van der Waals surface area contributed by atoms with E-state index in [0.717, 1.165) is 11.1 Å². The number of amides is 2. The Bertz CT molecular complexity index is 1090. The van der Waals surface area contributed by atoms with Crippen molar-refractivity contribution >= 4 is 24.0 Å². The molecule has 2 amide bonds. The molecule has 9 heteroatoms. The van der Waals surface area contributed by atoms with E-state index in [2.05, 4.69) is 15.3 Å². The number of hydrogen-bond donors (Lipinski definition) is 0. The molecule has 1 aliphatic rings. The summed E-state index contributed by atoms with van der Waals surface area (Å²) in [4.78, 5) is 36.2. The van der Waals surface area contributed by atoms with Crippen LogP contribution in [0.1, 0.15) is 28.6 Å². The Labute approximate surface area is 178 Å². The standard InChI is InChI=1S/C22H21N5O4/c1-26(14-28)22-23-20(25-31-22)19-12-18(24-30-2)13-27(19)21(29)17-10-8-16(9-11-17)15-6-4-3-5-7-15/h3-11,14,19H,12-13H2,1-2H3/t19-/m0/s1. The van der Waals surface area contributed by atoms with Crippen molar-refractivity contribution in [2.45, 2.75) is 12.5 Å². The molecule has 2 heterocycles. The molecule has 1 aliphatic heterocycles. The van der Waals surface area contributed by atoms with E-state index in [1.54, 1.807) is 17.0 Å². The van der Waals surface area contributed by atoms with Crippen molar-refractivity contribution in [1.82, 2.24) is 15.0 Å². The minimum Gasteiger partial charge on any atom is -0.399 e. The second-order valence-electron chi connectivity index (χ2n) is 7.09. The van der Waals surface area contributed by atoms with Gasteiger partial charge in [-0.3, -0.25) is 14.5 Å². The lowest BCUT2D eigenvalue weighted by Gasteiger charge is -2.21. The van der Waals surface area contributed by atoms with Crippen LogP contribution in [-0.4, -0.2) is 53.8 Å². The highest BCUT2D eigenvalue weighted by Gasteiger charge is 2.38. The molecule has 0 saturated carbocycles. The fraction of sp³-hybridized carbons (Fsp3) is 0.227. The van der Waals surface area contributed by atoms with Crippen LogP contribution < -0.4 is 4.90 Å². The lowest BCUT2D eigenvalue weighted by Crippen LogP contribution is -2.31. The number of aromatic nitrogens is 2. The van der Waals surface area contributed by atoms with Crippen molar-refractivity contribution in [3.8, 4) is 11.1 Å². The molecule has 9 nitrogen and oxygen atoms in total. The fourth-order valence-electron chi connectivity index (χ4n) is 3.50. The molecule has 158 valence electrons. The van der Waals surface area contributed by atoms with Crippen molar-refractivity contribution in [2.24, 2.45) is 5.16 Å². The zero-order valence-corrected chi connectivity index (χ0v) is 17.1. The molecule has 2 aromatic carbocycles. The van der Waals surface area contributed by atoms with Crippen molar-refractivity contribution in [1.29, 1.82) is 0 Å². The van der Waals surface area contributed by atoms with Gasteiger partial charge >= 0.3 is 6.01 Å². The predicted octanol–water partition coefficient (Wildman–Crippen LogP) is 2.92. The summed E-state index contributed by atoms with van der Waals surface area (Å²) in [6, 6.07) is 17.0. The zero-order valence-electron chi connectivity index (χ0n) is 17.1. The van der Waals surface area contributed by atoms with Gasteiger partial charge in [-0.05, 0) is 23.3 Å². The quantitative estimate of drug-likeness (QED) is 0.450. The van der Waals surface area contributed by atoms with E-state index in [-0.39, 0.29) is 18.5 Å². The number of nitrogens with zero attached hydrogens (tertiary/aromatic N) is 5. The Kier molecular flexibility index (Phi) is 5.74. The van der Waals surface area contributed by atoms with Gasteiger partial charge in [-0.25, -0.2) is 0 Å². The van der Waals surface area contributed by atoms with Crippen LogP contribution >= 0.6 is 0 Å². The lowest BCUT2D eigenvalue weighted by molar-refractivity contribution is -0.107. The zero-order chi connectivity index (χ0) is 21.8. The lowest BCUT2D eigenvalue weighted by atomic mass is 10.0.